The Morgan fingerprint density at radius 2 is 1.83 bits per heavy atom. The molecule has 0 aliphatic carbocycles. The van der Waals surface area contributed by atoms with E-state index in [-0.39, 0.29) is 12.4 Å². The number of carbonyl (C=O) groups is 2. The largest absolute Gasteiger partial charge is 0.486 e. The molecule has 3 rings (SSSR count). The van der Waals surface area contributed by atoms with Gasteiger partial charge >= 0.3 is 5.97 Å². The van der Waals surface area contributed by atoms with Gasteiger partial charge in [0, 0.05) is 35.6 Å². The number of esters is 1. The Balaban J connectivity index is 1.94. The zero-order valence-electron chi connectivity index (χ0n) is 13.9. The third kappa shape index (κ3) is 2.99. The summed E-state index contributed by atoms with van der Waals surface area (Å²) in [6.45, 7) is 5.89. The fourth-order valence-electron chi connectivity index (χ4n) is 2.86. The number of ether oxygens (including phenoxy) is 3. The van der Waals surface area contributed by atoms with Crippen LogP contribution in [0, 0.1) is 13.8 Å². The summed E-state index contributed by atoms with van der Waals surface area (Å²) in [7, 11) is 0. The number of fused-ring (bicyclic) bond motifs is 1. The fraction of sp³-hybridized carbons (Fsp3) is 0.333. The zero-order chi connectivity index (χ0) is 17.3. The molecule has 0 saturated heterocycles. The van der Waals surface area contributed by atoms with Gasteiger partial charge < -0.3 is 18.8 Å². The SMILES string of the molecule is CC(=O)OCC(=O)c1cc(C)n(-c2ccc3c(c2)OCCO3)c1C. The average molecular weight is 329 g/mol. The summed E-state index contributed by atoms with van der Waals surface area (Å²) in [5, 5.41) is 0. The van der Waals surface area contributed by atoms with Crippen molar-refractivity contribution in [3.8, 4) is 17.2 Å². The molecular weight excluding hydrogens is 310 g/mol. The van der Waals surface area contributed by atoms with E-state index in [9.17, 15) is 9.59 Å². The lowest BCUT2D eigenvalue weighted by atomic mass is 10.1. The number of aromatic nitrogens is 1. The smallest absolute Gasteiger partial charge is 0.303 e. The van der Waals surface area contributed by atoms with Crippen molar-refractivity contribution in [3.63, 3.8) is 0 Å². The molecule has 0 spiro atoms. The lowest BCUT2D eigenvalue weighted by molar-refractivity contribution is -0.139. The molecule has 6 nitrogen and oxygen atoms in total. The van der Waals surface area contributed by atoms with E-state index in [4.69, 9.17) is 14.2 Å². The van der Waals surface area contributed by atoms with Gasteiger partial charge in [0.2, 0.25) is 5.78 Å². The van der Waals surface area contributed by atoms with Crippen molar-refractivity contribution in [1.82, 2.24) is 4.57 Å². The highest BCUT2D eigenvalue weighted by Crippen LogP contribution is 2.33. The van der Waals surface area contributed by atoms with Crippen LogP contribution in [0.15, 0.2) is 24.3 Å². The second-order valence-electron chi connectivity index (χ2n) is 5.65. The van der Waals surface area contributed by atoms with Crippen molar-refractivity contribution >= 4 is 11.8 Å². The van der Waals surface area contributed by atoms with E-state index in [1.165, 1.54) is 6.92 Å². The van der Waals surface area contributed by atoms with Crippen molar-refractivity contribution in [2.24, 2.45) is 0 Å². The molecule has 126 valence electrons. The summed E-state index contributed by atoms with van der Waals surface area (Å²) in [5.41, 5.74) is 3.14. The number of nitrogens with zero attached hydrogens (tertiary/aromatic N) is 1. The Morgan fingerprint density at radius 1 is 1.12 bits per heavy atom. The molecule has 0 unspecified atom stereocenters. The van der Waals surface area contributed by atoms with Crippen LogP contribution in [0.5, 0.6) is 11.5 Å². The summed E-state index contributed by atoms with van der Waals surface area (Å²) >= 11 is 0. The van der Waals surface area contributed by atoms with Crippen LogP contribution >= 0.6 is 0 Å². The minimum Gasteiger partial charge on any atom is -0.486 e. The number of Topliss-reactive ketones (excluding diaryl/α,β-unsaturated/α-hetero) is 1. The first-order valence-corrected chi connectivity index (χ1v) is 7.73. The summed E-state index contributed by atoms with van der Waals surface area (Å²) in [6.07, 6.45) is 0. The first-order chi connectivity index (χ1) is 11.5. The minimum atomic E-state index is -0.469. The van der Waals surface area contributed by atoms with Gasteiger partial charge in [0.15, 0.2) is 18.1 Å². The number of hydrogen-bond donors (Lipinski definition) is 0. The van der Waals surface area contributed by atoms with E-state index in [0.717, 1.165) is 22.8 Å². The monoisotopic (exact) mass is 329 g/mol. The van der Waals surface area contributed by atoms with Gasteiger partial charge in [-0.25, -0.2) is 0 Å². The lowest BCUT2D eigenvalue weighted by Crippen LogP contribution is -2.15. The van der Waals surface area contributed by atoms with Gasteiger partial charge in [-0.3, -0.25) is 9.59 Å². The Morgan fingerprint density at radius 3 is 2.54 bits per heavy atom. The van der Waals surface area contributed by atoms with Crippen molar-refractivity contribution in [3.05, 3.63) is 41.2 Å². The summed E-state index contributed by atoms with van der Waals surface area (Å²) in [4.78, 5) is 23.2. The molecule has 1 aliphatic rings. The van der Waals surface area contributed by atoms with Crippen LogP contribution in [0.3, 0.4) is 0 Å². The first kappa shape index (κ1) is 16.1. The highest BCUT2D eigenvalue weighted by atomic mass is 16.6. The normalized spacial score (nSPS) is 12.8. The number of ketones is 1. The standard InChI is InChI=1S/C18H19NO5/c1-11-8-15(16(21)10-24-13(3)20)12(2)19(11)14-4-5-17-18(9-14)23-7-6-22-17/h4-5,8-9H,6-7,10H2,1-3H3. The minimum absolute atomic E-state index is 0.220. The molecule has 0 radical (unpaired) electrons. The third-order valence-electron chi connectivity index (χ3n) is 3.92. The predicted molar refractivity (Wildman–Crippen MR) is 87.2 cm³/mol. The molecular formula is C18H19NO5. The maximum Gasteiger partial charge on any atom is 0.303 e. The van der Waals surface area contributed by atoms with Gasteiger partial charge in [-0.05, 0) is 32.0 Å². The van der Waals surface area contributed by atoms with Gasteiger partial charge in [-0.1, -0.05) is 0 Å². The van der Waals surface area contributed by atoms with E-state index < -0.39 is 5.97 Å². The molecule has 0 atom stereocenters. The topological polar surface area (TPSA) is 66.8 Å². The maximum atomic E-state index is 12.3. The third-order valence-corrected chi connectivity index (χ3v) is 3.92. The number of hydrogen-bond acceptors (Lipinski definition) is 5. The second kappa shape index (κ2) is 6.39. The molecule has 2 heterocycles. The van der Waals surface area contributed by atoms with Crippen LogP contribution < -0.4 is 9.47 Å². The average Bonchev–Trinajstić information content (AvgIpc) is 2.87. The number of aryl methyl sites for hydroxylation is 1. The van der Waals surface area contributed by atoms with Crippen LogP contribution in [0.25, 0.3) is 5.69 Å². The highest BCUT2D eigenvalue weighted by Gasteiger charge is 2.19. The zero-order valence-corrected chi connectivity index (χ0v) is 13.9. The fourth-order valence-corrected chi connectivity index (χ4v) is 2.86. The van der Waals surface area contributed by atoms with Gasteiger partial charge in [-0.2, -0.15) is 0 Å². The molecule has 1 aromatic carbocycles. The number of rotatable bonds is 4. The molecule has 1 aromatic heterocycles. The van der Waals surface area contributed by atoms with E-state index in [2.05, 4.69) is 0 Å². The van der Waals surface area contributed by atoms with Crippen LogP contribution in [-0.2, 0) is 9.53 Å². The van der Waals surface area contributed by atoms with Crippen LogP contribution in [-0.4, -0.2) is 36.1 Å². The van der Waals surface area contributed by atoms with Crippen molar-refractivity contribution in [2.45, 2.75) is 20.8 Å². The van der Waals surface area contributed by atoms with Gasteiger partial charge in [0.1, 0.15) is 13.2 Å². The molecule has 0 bridgehead atoms. The van der Waals surface area contributed by atoms with E-state index in [1.807, 2.05) is 36.6 Å². The Hall–Kier alpha value is -2.76. The Kier molecular flexibility index (Phi) is 4.29. The molecule has 0 saturated carbocycles. The van der Waals surface area contributed by atoms with Gasteiger partial charge in [0.05, 0.1) is 0 Å². The molecule has 1 aliphatic heterocycles. The van der Waals surface area contributed by atoms with E-state index >= 15 is 0 Å². The van der Waals surface area contributed by atoms with E-state index in [1.54, 1.807) is 6.07 Å². The molecule has 24 heavy (non-hydrogen) atoms. The number of carbonyl (C=O) groups excluding carboxylic acids is 2. The summed E-state index contributed by atoms with van der Waals surface area (Å²) in [6, 6.07) is 7.49. The molecule has 6 heteroatoms. The van der Waals surface area contributed by atoms with Crippen LogP contribution in [0.1, 0.15) is 28.7 Å². The predicted octanol–water partition coefficient (Wildman–Crippen LogP) is 2.61. The van der Waals surface area contributed by atoms with Crippen molar-refractivity contribution in [1.29, 1.82) is 0 Å². The summed E-state index contributed by atoms with van der Waals surface area (Å²) in [5.74, 6) is 0.726. The second-order valence-corrected chi connectivity index (χ2v) is 5.65. The Labute approximate surface area is 139 Å². The number of benzene rings is 1. The van der Waals surface area contributed by atoms with E-state index in [0.29, 0.717) is 24.5 Å². The lowest BCUT2D eigenvalue weighted by Gasteiger charge is -2.20. The quantitative estimate of drug-likeness (QED) is 0.637. The molecule has 0 fully saturated rings. The van der Waals surface area contributed by atoms with Gasteiger partial charge in [0.25, 0.3) is 0 Å². The van der Waals surface area contributed by atoms with Crippen molar-refractivity contribution < 1.29 is 23.8 Å². The van der Waals surface area contributed by atoms with Crippen LogP contribution in [0.2, 0.25) is 0 Å². The maximum absolute atomic E-state index is 12.3. The molecule has 2 aromatic rings. The molecule has 0 amide bonds. The van der Waals surface area contributed by atoms with Crippen LogP contribution in [0.4, 0.5) is 0 Å². The highest BCUT2D eigenvalue weighted by molar-refractivity contribution is 5.99. The molecule has 0 N–H and O–H groups in total. The summed E-state index contributed by atoms with van der Waals surface area (Å²) < 4.78 is 17.9. The van der Waals surface area contributed by atoms with Gasteiger partial charge in [-0.15, -0.1) is 0 Å². The Bertz CT molecular complexity index is 806. The van der Waals surface area contributed by atoms with Crippen molar-refractivity contribution in [2.75, 3.05) is 19.8 Å². The first-order valence-electron chi connectivity index (χ1n) is 7.73.